The van der Waals surface area contributed by atoms with E-state index in [0.29, 0.717) is 32.0 Å². The SMILES string of the molecule is CCCNc1cc(NCC2(O)CCOC2)nc(C)n1. The van der Waals surface area contributed by atoms with Crippen LogP contribution in [0.25, 0.3) is 0 Å². The van der Waals surface area contributed by atoms with E-state index in [1.165, 1.54) is 0 Å². The second-order valence-corrected chi connectivity index (χ2v) is 4.99. The molecule has 1 aromatic heterocycles. The summed E-state index contributed by atoms with van der Waals surface area (Å²) in [6.45, 7) is 6.28. The molecule has 3 N–H and O–H groups in total. The molecule has 0 saturated carbocycles. The first-order valence-corrected chi connectivity index (χ1v) is 6.75. The number of aliphatic hydroxyl groups is 1. The Kier molecular flexibility index (Phi) is 4.55. The number of rotatable bonds is 6. The molecule has 0 aromatic carbocycles. The van der Waals surface area contributed by atoms with Crippen LogP contribution in [0.4, 0.5) is 11.6 Å². The third-order valence-electron chi connectivity index (χ3n) is 3.08. The monoisotopic (exact) mass is 266 g/mol. The predicted molar refractivity (Wildman–Crippen MR) is 74.4 cm³/mol. The van der Waals surface area contributed by atoms with Crippen LogP contribution in [0, 0.1) is 6.92 Å². The van der Waals surface area contributed by atoms with Crippen molar-refractivity contribution in [1.29, 1.82) is 0 Å². The van der Waals surface area contributed by atoms with Gasteiger partial charge >= 0.3 is 0 Å². The highest BCUT2D eigenvalue weighted by atomic mass is 16.5. The highest BCUT2D eigenvalue weighted by molar-refractivity contribution is 5.47. The van der Waals surface area contributed by atoms with Crippen molar-refractivity contribution in [2.45, 2.75) is 32.3 Å². The molecular formula is C13H22N4O2. The summed E-state index contributed by atoms with van der Waals surface area (Å²) < 4.78 is 5.21. The van der Waals surface area contributed by atoms with Crippen LogP contribution >= 0.6 is 0 Å². The van der Waals surface area contributed by atoms with Gasteiger partial charge in [-0.2, -0.15) is 0 Å². The quantitative estimate of drug-likeness (QED) is 0.717. The number of hydrogen-bond acceptors (Lipinski definition) is 6. The Morgan fingerprint density at radius 3 is 2.74 bits per heavy atom. The van der Waals surface area contributed by atoms with Gasteiger partial charge < -0.3 is 20.5 Å². The van der Waals surface area contributed by atoms with Crippen molar-refractivity contribution in [2.24, 2.45) is 0 Å². The van der Waals surface area contributed by atoms with Crippen LogP contribution in [0.1, 0.15) is 25.6 Å². The van der Waals surface area contributed by atoms with Crippen molar-refractivity contribution in [3.63, 3.8) is 0 Å². The minimum Gasteiger partial charge on any atom is -0.386 e. The molecule has 1 unspecified atom stereocenters. The van der Waals surface area contributed by atoms with E-state index in [2.05, 4.69) is 27.5 Å². The van der Waals surface area contributed by atoms with Gasteiger partial charge in [-0.1, -0.05) is 6.92 Å². The molecule has 1 aromatic rings. The number of nitrogens with zero attached hydrogens (tertiary/aromatic N) is 2. The molecule has 1 aliphatic rings. The summed E-state index contributed by atoms with van der Waals surface area (Å²) in [4.78, 5) is 8.64. The molecule has 106 valence electrons. The van der Waals surface area contributed by atoms with E-state index in [0.717, 1.165) is 24.6 Å². The van der Waals surface area contributed by atoms with E-state index < -0.39 is 5.60 Å². The van der Waals surface area contributed by atoms with Crippen LogP contribution in [-0.2, 0) is 4.74 Å². The van der Waals surface area contributed by atoms with Gasteiger partial charge in [-0.25, -0.2) is 9.97 Å². The summed E-state index contributed by atoms with van der Waals surface area (Å²) in [5.74, 6) is 2.25. The van der Waals surface area contributed by atoms with E-state index in [4.69, 9.17) is 4.74 Å². The van der Waals surface area contributed by atoms with E-state index >= 15 is 0 Å². The summed E-state index contributed by atoms with van der Waals surface area (Å²) in [5.41, 5.74) is -0.782. The van der Waals surface area contributed by atoms with Gasteiger partial charge in [0.1, 0.15) is 23.1 Å². The first-order valence-electron chi connectivity index (χ1n) is 6.75. The molecule has 19 heavy (non-hydrogen) atoms. The summed E-state index contributed by atoms with van der Waals surface area (Å²) in [6.07, 6.45) is 1.70. The normalized spacial score (nSPS) is 22.5. The minimum absolute atomic E-state index is 0.380. The average molecular weight is 266 g/mol. The first-order chi connectivity index (χ1) is 9.11. The van der Waals surface area contributed by atoms with Crippen molar-refractivity contribution in [2.75, 3.05) is 36.9 Å². The Morgan fingerprint density at radius 2 is 2.11 bits per heavy atom. The Balaban J connectivity index is 1.97. The van der Waals surface area contributed by atoms with Crippen LogP contribution in [0.3, 0.4) is 0 Å². The summed E-state index contributed by atoms with van der Waals surface area (Å²) in [7, 11) is 0. The summed E-state index contributed by atoms with van der Waals surface area (Å²) >= 11 is 0. The zero-order chi connectivity index (χ0) is 13.7. The zero-order valence-corrected chi connectivity index (χ0v) is 11.6. The smallest absolute Gasteiger partial charge is 0.131 e. The fourth-order valence-electron chi connectivity index (χ4n) is 1.99. The van der Waals surface area contributed by atoms with E-state index in [1.807, 2.05) is 13.0 Å². The van der Waals surface area contributed by atoms with Crippen molar-refractivity contribution in [1.82, 2.24) is 9.97 Å². The Bertz CT molecular complexity index is 419. The lowest BCUT2D eigenvalue weighted by Crippen LogP contribution is -2.37. The van der Waals surface area contributed by atoms with Gasteiger partial charge in [-0.05, 0) is 13.3 Å². The molecule has 0 amide bonds. The second-order valence-electron chi connectivity index (χ2n) is 4.99. The van der Waals surface area contributed by atoms with E-state index in [-0.39, 0.29) is 0 Å². The van der Waals surface area contributed by atoms with Crippen LogP contribution in [0.5, 0.6) is 0 Å². The predicted octanol–water partition coefficient (Wildman–Crippen LogP) is 1.17. The molecule has 1 fully saturated rings. The molecule has 1 atom stereocenters. The zero-order valence-electron chi connectivity index (χ0n) is 11.6. The number of ether oxygens (including phenoxy) is 1. The number of aromatic nitrogens is 2. The van der Waals surface area contributed by atoms with Gasteiger partial charge in [0.25, 0.3) is 0 Å². The average Bonchev–Trinajstić information content (AvgIpc) is 2.81. The number of nitrogens with one attached hydrogen (secondary N) is 2. The fourth-order valence-corrected chi connectivity index (χ4v) is 1.99. The molecule has 0 aliphatic carbocycles. The highest BCUT2D eigenvalue weighted by Gasteiger charge is 2.32. The molecular weight excluding hydrogens is 244 g/mol. The molecule has 6 heteroatoms. The van der Waals surface area contributed by atoms with Gasteiger partial charge in [0.2, 0.25) is 0 Å². The lowest BCUT2D eigenvalue weighted by atomic mass is 10.0. The van der Waals surface area contributed by atoms with E-state index in [1.54, 1.807) is 0 Å². The van der Waals surface area contributed by atoms with Crippen LogP contribution < -0.4 is 10.6 Å². The second kappa shape index (κ2) is 6.16. The first kappa shape index (κ1) is 14.0. The van der Waals surface area contributed by atoms with Crippen molar-refractivity contribution in [3.05, 3.63) is 11.9 Å². The van der Waals surface area contributed by atoms with Gasteiger partial charge in [0, 0.05) is 32.2 Å². The van der Waals surface area contributed by atoms with Gasteiger partial charge in [0.05, 0.1) is 6.61 Å². The Hall–Kier alpha value is -1.40. The molecule has 2 heterocycles. The molecule has 2 rings (SSSR count). The Morgan fingerprint density at radius 1 is 1.37 bits per heavy atom. The maximum Gasteiger partial charge on any atom is 0.131 e. The highest BCUT2D eigenvalue weighted by Crippen LogP contribution is 2.19. The molecule has 0 bridgehead atoms. The van der Waals surface area contributed by atoms with Crippen molar-refractivity contribution < 1.29 is 9.84 Å². The van der Waals surface area contributed by atoms with Crippen molar-refractivity contribution >= 4 is 11.6 Å². The standard InChI is InChI=1S/C13H22N4O2/c1-3-5-14-11-7-12(17-10(2)16-11)15-8-13(18)4-6-19-9-13/h7,18H,3-6,8-9H2,1-2H3,(H2,14,15,16,17). The minimum atomic E-state index is -0.782. The lowest BCUT2D eigenvalue weighted by molar-refractivity contribution is 0.0381. The van der Waals surface area contributed by atoms with Crippen LogP contribution in [0.15, 0.2) is 6.07 Å². The third-order valence-corrected chi connectivity index (χ3v) is 3.08. The van der Waals surface area contributed by atoms with Crippen LogP contribution in [0.2, 0.25) is 0 Å². The number of hydrogen-bond donors (Lipinski definition) is 3. The lowest BCUT2D eigenvalue weighted by Gasteiger charge is -2.21. The number of anilines is 2. The van der Waals surface area contributed by atoms with Crippen LogP contribution in [-0.4, -0.2) is 47.0 Å². The Labute approximate surface area is 113 Å². The van der Waals surface area contributed by atoms with Gasteiger partial charge in [-0.3, -0.25) is 0 Å². The van der Waals surface area contributed by atoms with E-state index in [9.17, 15) is 5.11 Å². The topological polar surface area (TPSA) is 79.3 Å². The van der Waals surface area contributed by atoms with Gasteiger partial charge in [-0.15, -0.1) is 0 Å². The molecule has 0 spiro atoms. The molecule has 1 aliphatic heterocycles. The summed E-state index contributed by atoms with van der Waals surface area (Å²) in [5, 5.41) is 16.6. The third kappa shape index (κ3) is 4.04. The molecule has 6 nitrogen and oxygen atoms in total. The summed E-state index contributed by atoms with van der Waals surface area (Å²) in [6, 6.07) is 1.86. The van der Waals surface area contributed by atoms with Gasteiger partial charge in [0.15, 0.2) is 0 Å². The van der Waals surface area contributed by atoms with Crippen molar-refractivity contribution in [3.8, 4) is 0 Å². The largest absolute Gasteiger partial charge is 0.386 e. The molecule has 0 radical (unpaired) electrons. The molecule has 1 saturated heterocycles. The maximum absolute atomic E-state index is 10.2. The maximum atomic E-state index is 10.2. The fraction of sp³-hybridized carbons (Fsp3) is 0.692. The number of aryl methyl sites for hydroxylation is 1.